The maximum absolute atomic E-state index is 9.61. The molecule has 0 amide bonds. The van der Waals surface area contributed by atoms with Crippen LogP contribution in [0.25, 0.3) is 0 Å². The van der Waals surface area contributed by atoms with Crippen LogP contribution in [0.1, 0.15) is 39.5 Å². The SMILES string of the molecule is CC(C)(O)COC1CCC(Nc2nc[nH]n2)CC1. The highest BCUT2D eigenvalue weighted by Gasteiger charge is 2.24. The summed E-state index contributed by atoms with van der Waals surface area (Å²) < 4.78 is 5.72. The van der Waals surface area contributed by atoms with Crippen LogP contribution in [0.4, 0.5) is 5.95 Å². The van der Waals surface area contributed by atoms with Gasteiger partial charge in [0, 0.05) is 6.04 Å². The van der Waals surface area contributed by atoms with E-state index in [1.165, 1.54) is 0 Å². The number of anilines is 1. The first-order valence-electron chi connectivity index (χ1n) is 6.49. The number of hydrogen-bond donors (Lipinski definition) is 3. The zero-order valence-electron chi connectivity index (χ0n) is 11.0. The summed E-state index contributed by atoms with van der Waals surface area (Å²) in [7, 11) is 0. The van der Waals surface area contributed by atoms with Gasteiger partial charge in [-0.05, 0) is 39.5 Å². The van der Waals surface area contributed by atoms with Gasteiger partial charge in [0.05, 0.1) is 18.3 Å². The summed E-state index contributed by atoms with van der Waals surface area (Å²) in [6.07, 6.45) is 5.95. The molecule has 0 atom stereocenters. The number of H-pyrrole nitrogens is 1. The smallest absolute Gasteiger partial charge is 0.242 e. The van der Waals surface area contributed by atoms with E-state index in [9.17, 15) is 5.11 Å². The van der Waals surface area contributed by atoms with Gasteiger partial charge >= 0.3 is 0 Å². The van der Waals surface area contributed by atoms with E-state index in [0.717, 1.165) is 25.7 Å². The fraction of sp³-hybridized carbons (Fsp3) is 0.833. The van der Waals surface area contributed by atoms with E-state index in [4.69, 9.17) is 4.74 Å². The van der Waals surface area contributed by atoms with Crippen LogP contribution in [-0.4, -0.2) is 44.6 Å². The average Bonchev–Trinajstić information content (AvgIpc) is 2.80. The van der Waals surface area contributed by atoms with Crippen molar-refractivity contribution in [1.29, 1.82) is 0 Å². The third kappa shape index (κ3) is 4.27. The Morgan fingerprint density at radius 2 is 2.17 bits per heavy atom. The Balaban J connectivity index is 1.68. The summed E-state index contributed by atoms with van der Waals surface area (Å²) in [4.78, 5) is 4.06. The number of aromatic amines is 1. The Kier molecular flexibility index (Phi) is 4.19. The number of nitrogens with zero attached hydrogens (tertiary/aromatic N) is 2. The largest absolute Gasteiger partial charge is 0.388 e. The minimum absolute atomic E-state index is 0.265. The van der Waals surface area contributed by atoms with Crippen molar-refractivity contribution < 1.29 is 9.84 Å². The van der Waals surface area contributed by atoms with E-state index in [1.807, 2.05) is 0 Å². The lowest BCUT2D eigenvalue weighted by Gasteiger charge is -2.30. The zero-order chi connectivity index (χ0) is 13.0. The van der Waals surface area contributed by atoms with Crippen LogP contribution in [0.15, 0.2) is 6.33 Å². The van der Waals surface area contributed by atoms with Crippen LogP contribution < -0.4 is 5.32 Å². The standard InChI is InChI=1S/C12H22N4O2/c1-12(2,17)7-18-10-5-3-9(4-6-10)15-11-13-8-14-16-11/h8-10,17H,3-7H2,1-2H3,(H2,13,14,15,16). The predicted molar refractivity (Wildman–Crippen MR) is 68.3 cm³/mol. The Labute approximate surface area is 107 Å². The second kappa shape index (κ2) is 5.67. The highest BCUT2D eigenvalue weighted by Crippen LogP contribution is 2.23. The van der Waals surface area contributed by atoms with E-state index >= 15 is 0 Å². The molecule has 1 fully saturated rings. The Bertz CT molecular complexity index is 339. The zero-order valence-corrected chi connectivity index (χ0v) is 11.0. The molecule has 0 unspecified atom stereocenters. The van der Waals surface area contributed by atoms with Gasteiger partial charge in [-0.25, -0.2) is 4.98 Å². The molecule has 0 saturated heterocycles. The first-order valence-corrected chi connectivity index (χ1v) is 6.49. The molecule has 2 rings (SSSR count). The van der Waals surface area contributed by atoms with Gasteiger partial charge in [-0.3, -0.25) is 5.10 Å². The Morgan fingerprint density at radius 1 is 1.44 bits per heavy atom. The van der Waals surface area contributed by atoms with Crippen LogP contribution in [0.3, 0.4) is 0 Å². The summed E-state index contributed by atoms with van der Waals surface area (Å²) in [5, 5.41) is 19.6. The molecule has 6 nitrogen and oxygen atoms in total. The molecule has 6 heteroatoms. The summed E-state index contributed by atoms with van der Waals surface area (Å²) in [5.41, 5.74) is -0.742. The quantitative estimate of drug-likeness (QED) is 0.738. The van der Waals surface area contributed by atoms with E-state index in [2.05, 4.69) is 20.5 Å². The van der Waals surface area contributed by atoms with Crippen molar-refractivity contribution in [3.8, 4) is 0 Å². The van der Waals surface area contributed by atoms with Gasteiger partial charge in [-0.1, -0.05) is 0 Å². The van der Waals surface area contributed by atoms with Crippen LogP contribution in [0, 0.1) is 0 Å². The van der Waals surface area contributed by atoms with Crippen molar-refractivity contribution in [3.63, 3.8) is 0 Å². The molecule has 1 aliphatic carbocycles. The van der Waals surface area contributed by atoms with Crippen molar-refractivity contribution in [2.75, 3.05) is 11.9 Å². The second-order valence-electron chi connectivity index (χ2n) is 5.56. The molecule has 1 aromatic rings. The normalized spacial score (nSPS) is 25.1. The van der Waals surface area contributed by atoms with Crippen molar-refractivity contribution in [2.24, 2.45) is 0 Å². The summed E-state index contributed by atoms with van der Waals surface area (Å²) in [6.45, 7) is 3.93. The fourth-order valence-electron chi connectivity index (χ4n) is 2.16. The molecule has 0 aromatic carbocycles. The van der Waals surface area contributed by atoms with E-state index < -0.39 is 5.60 Å². The molecule has 1 saturated carbocycles. The third-order valence-electron chi connectivity index (χ3n) is 3.09. The van der Waals surface area contributed by atoms with E-state index in [-0.39, 0.29) is 6.10 Å². The molecule has 0 radical (unpaired) electrons. The monoisotopic (exact) mass is 254 g/mol. The molecule has 0 aliphatic heterocycles. The molecule has 3 N–H and O–H groups in total. The summed E-state index contributed by atoms with van der Waals surface area (Å²) in [5.74, 6) is 0.663. The lowest BCUT2D eigenvalue weighted by Crippen LogP contribution is -2.34. The molecule has 18 heavy (non-hydrogen) atoms. The first-order chi connectivity index (χ1) is 8.53. The number of nitrogens with one attached hydrogen (secondary N) is 2. The van der Waals surface area contributed by atoms with Crippen molar-refractivity contribution in [3.05, 3.63) is 6.33 Å². The highest BCUT2D eigenvalue weighted by molar-refractivity contribution is 5.22. The molecular weight excluding hydrogens is 232 g/mol. The number of ether oxygens (including phenoxy) is 1. The van der Waals surface area contributed by atoms with Gasteiger partial charge in [0.15, 0.2) is 0 Å². The number of aromatic nitrogens is 3. The highest BCUT2D eigenvalue weighted by atomic mass is 16.5. The fourth-order valence-corrected chi connectivity index (χ4v) is 2.16. The first kappa shape index (κ1) is 13.3. The summed E-state index contributed by atoms with van der Waals surface area (Å²) >= 11 is 0. The Hall–Kier alpha value is -1.14. The third-order valence-corrected chi connectivity index (χ3v) is 3.09. The molecule has 1 aromatic heterocycles. The molecule has 1 heterocycles. The van der Waals surface area contributed by atoms with Crippen LogP contribution in [0.2, 0.25) is 0 Å². The van der Waals surface area contributed by atoms with Crippen LogP contribution in [0.5, 0.6) is 0 Å². The van der Waals surface area contributed by atoms with E-state index in [1.54, 1.807) is 20.2 Å². The molecular formula is C12H22N4O2. The van der Waals surface area contributed by atoms with Gasteiger partial charge in [-0.15, -0.1) is 5.10 Å². The maximum atomic E-state index is 9.61. The van der Waals surface area contributed by atoms with Crippen molar-refractivity contribution in [1.82, 2.24) is 15.2 Å². The van der Waals surface area contributed by atoms with Gasteiger partial charge in [0.2, 0.25) is 5.95 Å². The maximum Gasteiger partial charge on any atom is 0.242 e. The van der Waals surface area contributed by atoms with Crippen molar-refractivity contribution >= 4 is 5.95 Å². The predicted octanol–water partition coefficient (Wildman–Crippen LogP) is 1.32. The molecule has 0 bridgehead atoms. The van der Waals surface area contributed by atoms with Gasteiger partial charge in [0.1, 0.15) is 6.33 Å². The summed E-state index contributed by atoms with van der Waals surface area (Å²) in [6, 6.07) is 0.419. The lowest BCUT2D eigenvalue weighted by atomic mass is 9.93. The minimum Gasteiger partial charge on any atom is -0.388 e. The van der Waals surface area contributed by atoms with E-state index in [0.29, 0.717) is 18.6 Å². The van der Waals surface area contributed by atoms with Gasteiger partial charge in [0.25, 0.3) is 0 Å². The molecule has 1 aliphatic rings. The number of rotatable bonds is 5. The Morgan fingerprint density at radius 3 is 2.72 bits per heavy atom. The second-order valence-corrected chi connectivity index (χ2v) is 5.56. The van der Waals surface area contributed by atoms with Crippen molar-refractivity contribution in [2.45, 2.75) is 57.3 Å². The lowest BCUT2D eigenvalue weighted by molar-refractivity contribution is -0.0630. The topological polar surface area (TPSA) is 83.1 Å². The van der Waals surface area contributed by atoms with Crippen LogP contribution in [-0.2, 0) is 4.74 Å². The number of aliphatic hydroxyl groups is 1. The minimum atomic E-state index is -0.742. The molecule has 102 valence electrons. The van der Waals surface area contributed by atoms with Gasteiger partial charge in [-0.2, -0.15) is 0 Å². The van der Waals surface area contributed by atoms with Gasteiger partial charge < -0.3 is 15.2 Å². The van der Waals surface area contributed by atoms with Crippen LogP contribution >= 0.6 is 0 Å². The molecule has 0 spiro atoms. The number of hydrogen-bond acceptors (Lipinski definition) is 5. The average molecular weight is 254 g/mol.